The number of nitrogens with zero attached hydrogens (tertiary/aromatic N) is 2. The summed E-state index contributed by atoms with van der Waals surface area (Å²) < 4.78 is 85.9. The van der Waals surface area contributed by atoms with Crippen LogP contribution in [-0.4, -0.2) is 18.0 Å². The second-order valence-corrected chi connectivity index (χ2v) is 3.35. The van der Waals surface area contributed by atoms with E-state index in [0.29, 0.717) is 11.3 Å². The zero-order valence-electron chi connectivity index (χ0n) is 16.7. The summed E-state index contributed by atoms with van der Waals surface area (Å²) in [5.41, 5.74) is 0. The van der Waals surface area contributed by atoms with Gasteiger partial charge in [0, 0.05) is 32.1 Å². The van der Waals surface area contributed by atoms with Crippen LogP contribution < -0.4 is 4.90 Å². The first-order valence-corrected chi connectivity index (χ1v) is 4.57. The number of thiazole rings is 1. The number of rotatable bonds is 1. The molecule has 0 spiro atoms. The fourth-order valence-corrected chi connectivity index (χ4v) is 1.70. The van der Waals surface area contributed by atoms with Crippen molar-refractivity contribution in [3.05, 3.63) is 9.96 Å². The largest absolute Gasteiger partial charge is 0.348 e. The molecular weight excluding hydrogens is 236 g/mol. The van der Waals surface area contributed by atoms with Gasteiger partial charge < -0.3 is 4.90 Å². The van der Waals surface area contributed by atoms with Crippen LogP contribution in [0.15, 0.2) is 9.96 Å². The van der Waals surface area contributed by atoms with Gasteiger partial charge in [0.2, 0.25) is 0 Å². The van der Waals surface area contributed by atoms with Crippen LogP contribution in [0.1, 0.15) is 34.2 Å². The SMILES string of the molecule is [2H]c1sc(N2C([2H])([2H])C([2H])([2H])C([2H])([2H])C([2H])([2H])C2([2H])[2H])nc1Br. The highest BCUT2D eigenvalue weighted by Crippen LogP contribution is 2.25. The maximum absolute atomic E-state index is 7.95. The molecule has 4 heteroatoms. The van der Waals surface area contributed by atoms with Crippen LogP contribution in [0.3, 0.4) is 0 Å². The monoisotopic (exact) mass is 257 g/mol. The van der Waals surface area contributed by atoms with Crippen molar-refractivity contribution in [2.75, 3.05) is 17.9 Å². The van der Waals surface area contributed by atoms with E-state index in [1.807, 2.05) is 0 Å². The molecular formula is C8H11BrN2S. The summed E-state index contributed by atoms with van der Waals surface area (Å²) >= 11 is 3.44. The summed E-state index contributed by atoms with van der Waals surface area (Å²) in [6.07, 6.45) is -10.2. The zero-order chi connectivity index (χ0) is 18.2. The van der Waals surface area contributed by atoms with E-state index >= 15 is 0 Å². The van der Waals surface area contributed by atoms with Crippen LogP contribution in [-0.2, 0) is 0 Å². The van der Waals surface area contributed by atoms with Crippen molar-refractivity contribution in [1.82, 2.24) is 4.98 Å². The molecule has 0 aromatic carbocycles. The predicted octanol–water partition coefficient (Wildman–Crippen LogP) is 2.90. The summed E-state index contributed by atoms with van der Waals surface area (Å²) in [5.74, 6) is 0. The molecule has 0 aliphatic carbocycles. The van der Waals surface area contributed by atoms with Gasteiger partial charge in [0.25, 0.3) is 0 Å². The van der Waals surface area contributed by atoms with E-state index in [4.69, 9.17) is 15.1 Å². The Balaban J connectivity index is 2.79. The molecule has 0 amide bonds. The van der Waals surface area contributed by atoms with E-state index in [2.05, 4.69) is 20.9 Å². The number of hydrogen-bond donors (Lipinski definition) is 0. The highest BCUT2D eigenvalue weighted by molar-refractivity contribution is 9.10. The molecule has 1 aliphatic rings. The Morgan fingerprint density at radius 1 is 1.58 bits per heavy atom. The molecule has 1 aromatic heterocycles. The number of hydrogen-bond acceptors (Lipinski definition) is 3. The molecule has 1 aromatic rings. The van der Waals surface area contributed by atoms with Crippen molar-refractivity contribution in [3.8, 4) is 0 Å². The highest BCUT2D eigenvalue weighted by atomic mass is 79.9. The number of halogens is 1. The van der Waals surface area contributed by atoms with Gasteiger partial charge in [0.05, 0.1) is 1.37 Å². The van der Waals surface area contributed by atoms with E-state index in [9.17, 15) is 0 Å². The molecule has 2 nitrogen and oxygen atoms in total. The molecule has 1 saturated heterocycles. The van der Waals surface area contributed by atoms with Crippen LogP contribution in [0.4, 0.5) is 5.13 Å². The lowest BCUT2D eigenvalue weighted by molar-refractivity contribution is 0.577. The second-order valence-electron chi connectivity index (χ2n) is 1.82. The minimum Gasteiger partial charge on any atom is -0.348 e. The summed E-state index contributed by atoms with van der Waals surface area (Å²) in [4.78, 5) is 3.89. The number of piperidine rings is 1. The average molecular weight is 258 g/mol. The minimum absolute atomic E-state index is 0.0289. The summed E-state index contributed by atoms with van der Waals surface area (Å²) in [6, 6.07) is 0. The molecule has 0 N–H and O–H groups in total. The van der Waals surface area contributed by atoms with Gasteiger partial charge in [-0.25, -0.2) is 4.98 Å². The van der Waals surface area contributed by atoms with Crippen molar-refractivity contribution in [2.45, 2.75) is 19.1 Å². The highest BCUT2D eigenvalue weighted by Gasteiger charge is 2.13. The Labute approximate surface area is 100 Å². The quantitative estimate of drug-likeness (QED) is 0.770. The molecule has 0 unspecified atom stereocenters. The molecule has 0 bridgehead atoms. The predicted molar refractivity (Wildman–Crippen MR) is 55.9 cm³/mol. The number of anilines is 1. The lowest BCUT2D eigenvalue weighted by Gasteiger charge is -2.25. The third-order valence-electron chi connectivity index (χ3n) is 1.07. The fourth-order valence-electron chi connectivity index (χ4n) is 0.636. The van der Waals surface area contributed by atoms with Crippen molar-refractivity contribution in [1.29, 1.82) is 0 Å². The average Bonchev–Trinajstić information content (AvgIpc) is 2.66. The lowest BCUT2D eigenvalue weighted by atomic mass is 10.1. The van der Waals surface area contributed by atoms with Crippen LogP contribution in [0, 0.1) is 0 Å². The smallest absolute Gasteiger partial charge is 0.186 e. The van der Waals surface area contributed by atoms with Crippen LogP contribution in [0.5, 0.6) is 0 Å². The molecule has 1 fully saturated rings. The second kappa shape index (κ2) is 3.75. The van der Waals surface area contributed by atoms with E-state index < -0.39 is 37.2 Å². The summed E-state index contributed by atoms with van der Waals surface area (Å²) in [6.45, 7) is -6.51. The first-order chi connectivity index (χ1) is 10.0. The maximum atomic E-state index is 7.95. The van der Waals surface area contributed by atoms with Crippen molar-refractivity contribution < 1.29 is 15.1 Å². The molecule has 2 rings (SSSR count). The molecule has 0 saturated carbocycles. The molecule has 0 atom stereocenters. The Hall–Kier alpha value is -0.0900. The van der Waals surface area contributed by atoms with Gasteiger partial charge in [0.1, 0.15) is 4.60 Å². The maximum Gasteiger partial charge on any atom is 0.186 e. The summed E-state index contributed by atoms with van der Waals surface area (Å²) in [7, 11) is 0. The molecule has 2 heterocycles. The molecule has 1 aliphatic heterocycles. The zero-order valence-corrected chi connectivity index (χ0v) is 8.08. The Kier molecular flexibility index (Phi) is 0.774. The van der Waals surface area contributed by atoms with Crippen LogP contribution >= 0.6 is 27.3 Å². The lowest BCUT2D eigenvalue weighted by Crippen LogP contribution is -2.29. The van der Waals surface area contributed by atoms with Crippen LogP contribution in [0.25, 0.3) is 0 Å². The van der Waals surface area contributed by atoms with Crippen molar-refractivity contribution in [2.24, 2.45) is 0 Å². The first kappa shape index (κ1) is 2.48. The van der Waals surface area contributed by atoms with Crippen LogP contribution in [0.2, 0.25) is 0 Å². The van der Waals surface area contributed by atoms with Gasteiger partial charge >= 0.3 is 0 Å². The van der Waals surface area contributed by atoms with Crippen molar-refractivity contribution >= 4 is 32.4 Å². The normalized spacial score (nSPS) is 52.8. The number of aromatic nitrogens is 1. The first-order valence-electron chi connectivity index (χ1n) is 8.47. The van der Waals surface area contributed by atoms with Crippen molar-refractivity contribution in [3.63, 3.8) is 0 Å². The van der Waals surface area contributed by atoms with Gasteiger partial charge in [-0.3, -0.25) is 0 Å². The van der Waals surface area contributed by atoms with E-state index in [0.717, 1.165) is 0 Å². The Bertz CT molecular complexity index is 592. The standard InChI is InChI=1S/C8H11BrN2S/c9-7-6-12-8(10-7)11-4-2-1-3-5-11/h6H,1-5H2/i1D2,2D2,3D2,4D2,5D2,6D. The minimum atomic E-state index is -3.46. The molecule has 0 radical (unpaired) electrons. The van der Waals surface area contributed by atoms with Gasteiger partial charge in [-0.1, -0.05) is 0 Å². The Morgan fingerprint density at radius 2 is 2.33 bits per heavy atom. The fraction of sp³-hybridized carbons (Fsp3) is 0.625. The third-order valence-corrected chi connectivity index (χ3v) is 2.46. The van der Waals surface area contributed by atoms with Gasteiger partial charge in [-0.05, 0) is 35.0 Å². The topological polar surface area (TPSA) is 16.1 Å². The van der Waals surface area contributed by atoms with E-state index in [-0.39, 0.29) is 14.9 Å². The molecule has 66 valence electrons. The molecule has 12 heavy (non-hydrogen) atoms. The Morgan fingerprint density at radius 3 is 2.92 bits per heavy atom. The van der Waals surface area contributed by atoms with Gasteiger partial charge in [-0.15, -0.1) is 11.3 Å². The van der Waals surface area contributed by atoms with E-state index in [1.54, 1.807) is 0 Å². The van der Waals surface area contributed by atoms with E-state index in [1.165, 1.54) is 0 Å². The van der Waals surface area contributed by atoms with Gasteiger partial charge in [0.15, 0.2) is 5.13 Å². The third kappa shape index (κ3) is 1.80. The summed E-state index contributed by atoms with van der Waals surface area (Å²) in [5, 5.41) is -0.638. The van der Waals surface area contributed by atoms with Gasteiger partial charge in [-0.2, -0.15) is 0 Å².